The molecule has 1 fully saturated rings. The molecule has 1 saturated carbocycles. The van der Waals surface area contributed by atoms with E-state index in [2.05, 4.69) is 12.2 Å². The van der Waals surface area contributed by atoms with E-state index in [4.69, 9.17) is 0 Å². The third kappa shape index (κ3) is 3.55. The van der Waals surface area contributed by atoms with Crippen LogP contribution in [0.15, 0.2) is 24.3 Å². The fraction of sp³-hybridized carbons (Fsp3) is 0.625. The van der Waals surface area contributed by atoms with Crippen LogP contribution in [-0.2, 0) is 6.42 Å². The minimum atomic E-state index is -0.0563. The van der Waals surface area contributed by atoms with Gasteiger partial charge in [0.1, 0.15) is 5.82 Å². The highest BCUT2D eigenvalue weighted by molar-refractivity contribution is 5.17. The summed E-state index contributed by atoms with van der Waals surface area (Å²) in [7, 11) is 0. The molecule has 100 valence electrons. The first-order valence-electron chi connectivity index (χ1n) is 7.28. The van der Waals surface area contributed by atoms with E-state index in [0.29, 0.717) is 6.04 Å². The maximum Gasteiger partial charge on any atom is 0.126 e. The van der Waals surface area contributed by atoms with Gasteiger partial charge in [0.05, 0.1) is 0 Å². The fourth-order valence-corrected chi connectivity index (χ4v) is 3.14. The van der Waals surface area contributed by atoms with Crippen LogP contribution in [0.25, 0.3) is 0 Å². The summed E-state index contributed by atoms with van der Waals surface area (Å²) in [5.74, 6) is 0.746. The van der Waals surface area contributed by atoms with Gasteiger partial charge in [-0.1, -0.05) is 38.0 Å². The lowest BCUT2D eigenvalue weighted by Crippen LogP contribution is -2.35. The van der Waals surface area contributed by atoms with E-state index in [0.717, 1.165) is 30.9 Å². The van der Waals surface area contributed by atoms with E-state index in [-0.39, 0.29) is 5.82 Å². The Morgan fingerprint density at radius 1 is 1.28 bits per heavy atom. The lowest BCUT2D eigenvalue weighted by Gasteiger charge is -2.24. The molecule has 18 heavy (non-hydrogen) atoms. The molecule has 2 rings (SSSR count). The first-order valence-corrected chi connectivity index (χ1v) is 7.28. The second-order valence-electron chi connectivity index (χ2n) is 5.34. The van der Waals surface area contributed by atoms with Crippen LogP contribution in [0.2, 0.25) is 0 Å². The topological polar surface area (TPSA) is 12.0 Å². The van der Waals surface area contributed by atoms with Gasteiger partial charge in [0.2, 0.25) is 0 Å². The molecule has 2 heteroatoms. The molecule has 1 aliphatic carbocycles. The summed E-state index contributed by atoms with van der Waals surface area (Å²) in [6.45, 7) is 3.17. The molecule has 1 aliphatic rings. The quantitative estimate of drug-likeness (QED) is 0.805. The Kier molecular flexibility index (Phi) is 5.18. The highest BCUT2D eigenvalue weighted by atomic mass is 19.1. The Hall–Kier alpha value is -0.890. The van der Waals surface area contributed by atoms with Crippen LogP contribution in [0.4, 0.5) is 4.39 Å². The van der Waals surface area contributed by atoms with Crippen molar-refractivity contribution in [1.29, 1.82) is 0 Å². The zero-order chi connectivity index (χ0) is 12.8. The van der Waals surface area contributed by atoms with Gasteiger partial charge in [0.15, 0.2) is 0 Å². The normalized spacial score (nSPS) is 18.1. The number of aryl methyl sites for hydroxylation is 1. The molecule has 0 aliphatic heterocycles. The summed E-state index contributed by atoms with van der Waals surface area (Å²) in [6.07, 6.45) is 7.32. The van der Waals surface area contributed by atoms with E-state index in [1.165, 1.54) is 25.7 Å². The van der Waals surface area contributed by atoms with Crippen molar-refractivity contribution in [1.82, 2.24) is 5.32 Å². The number of rotatable bonds is 6. The molecule has 1 unspecified atom stereocenters. The maximum absolute atomic E-state index is 13.6. The molecule has 1 atom stereocenters. The molecule has 0 bridgehead atoms. The monoisotopic (exact) mass is 249 g/mol. The van der Waals surface area contributed by atoms with Gasteiger partial charge in [0, 0.05) is 6.04 Å². The number of benzene rings is 1. The zero-order valence-corrected chi connectivity index (χ0v) is 11.3. The Morgan fingerprint density at radius 3 is 2.67 bits per heavy atom. The predicted octanol–water partition coefficient (Wildman–Crippen LogP) is 3.93. The van der Waals surface area contributed by atoms with Crippen LogP contribution >= 0.6 is 0 Å². The van der Waals surface area contributed by atoms with Crippen molar-refractivity contribution >= 4 is 0 Å². The molecule has 0 heterocycles. The summed E-state index contributed by atoms with van der Waals surface area (Å²) < 4.78 is 13.6. The van der Waals surface area contributed by atoms with Crippen LogP contribution in [0.5, 0.6) is 0 Å². The standard InChI is InChI=1S/C16H24FN/c1-2-18-16(14-8-3-4-9-14)12-11-13-7-5-6-10-15(13)17/h5-7,10,14,16,18H,2-4,8-9,11-12H2,1H3. The van der Waals surface area contributed by atoms with Gasteiger partial charge in [0.25, 0.3) is 0 Å². The van der Waals surface area contributed by atoms with Gasteiger partial charge >= 0.3 is 0 Å². The van der Waals surface area contributed by atoms with E-state index in [1.807, 2.05) is 12.1 Å². The average molecular weight is 249 g/mol. The van der Waals surface area contributed by atoms with Crippen LogP contribution in [0.3, 0.4) is 0 Å². The summed E-state index contributed by atoms with van der Waals surface area (Å²) in [6, 6.07) is 7.73. The van der Waals surface area contributed by atoms with Gasteiger partial charge in [-0.25, -0.2) is 4.39 Å². The highest BCUT2D eigenvalue weighted by Crippen LogP contribution is 2.29. The maximum atomic E-state index is 13.6. The third-order valence-electron chi connectivity index (χ3n) is 4.12. The van der Waals surface area contributed by atoms with Crippen LogP contribution in [-0.4, -0.2) is 12.6 Å². The number of nitrogens with one attached hydrogen (secondary N) is 1. The van der Waals surface area contributed by atoms with Crippen molar-refractivity contribution in [2.75, 3.05) is 6.54 Å². The molecule has 0 aromatic heterocycles. The molecular formula is C16H24FN. The van der Waals surface area contributed by atoms with E-state index in [9.17, 15) is 4.39 Å². The first-order chi connectivity index (χ1) is 8.81. The smallest absolute Gasteiger partial charge is 0.126 e. The van der Waals surface area contributed by atoms with Gasteiger partial charge < -0.3 is 5.32 Å². The second-order valence-corrected chi connectivity index (χ2v) is 5.34. The van der Waals surface area contributed by atoms with Gasteiger partial charge in [-0.3, -0.25) is 0 Å². The predicted molar refractivity (Wildman–Crippen MR) is 74.1 cm³/mol. The Labute approximate surface area is 110 Å². The summed E-state index contributed by atoms with van der Waals surface area (Å²) >= 11 is 0. The van der Waals surface area contributed by atoms with Crippen molar-refractivity contribution in [2.45, 2.75) is 51.5 Å². The average Bonchev–Trinajstić information content (AvgIpc) is 2.90. The Morgan fingerprint density at radius 2 is 2.00 bits per heavy atom. The molecule has 0 spiro atoms. The largest absolute Gasteiger partial charge is 0.314 e. The molecule has 1 aromatic rings. The summed E-state index contributed by atoms with van der Waals surface area (Å²) in [4.78, 5) is 0. The molecule has 1 aromatic carbocycles. The minimum absolute atomic E-state index is 0.0563. The highest BCUT2D eigenvalue weighted by Gasteiger charge is 2.24. The second kappa shape index (κ2) is 6.89. The van der Waals surface area contributed by atoms with E-state index < -0.39 is 0 Å². The number of hydrogen-bond acceptors (Lipinski definition) is 1. The number of hydrogen-bond donors (Lipinski definition) is 1. The first kappa shape index (κ1) is 13.5. The Bertz CT molecular complexity index is 358. The summed E-state index contributed by atoms with van der Waals surface area (Å²) in [5, 5.41) is 3.59. The van der Waals surface area contributed by atoms with E-state index in [1.54, 1.807) is 12.1 Å². The van der Waals surface area contributed by atoms with Crippen molar-refractivity contribution in [2.24, 2.45) is 5.92 Å². The van der Waals surface area contributed by atoms with E-state index >= 15 is 0 Å². The lowest BCUT2D eigenvalue weighted by atomic mass is 9.92. The minimum Gasteiger partial charge on any atom is -0.314 e. The lowest BCUT2D eigenvalue weighted by molar-refractivity contribution is 0.345. The number of halogens is 1. The van der Waals surface area contributed by atoms with Crippen molar-refractivity contribution in [3.8, 4) is 0 Å². The molecule has 1 nitrogen and oxygen atoms in total. The summed E-state index contributed by atoms with van der Waals surface area (Å²) in [5.41, 5.74) is 0.860. The van der Waals surface area contributed by atoms with Crippen LogP contribution in [0, 0.1) is 11.7 Å². The van der Waals surface area contributed by atoms with Crippen LogP contribution in [0.1, 0.15) is 44.6 Å². The SMILES string of the molecule is CCNC(CCc1ccccc1F)C1CCCC1. The van der Waals surface area contributed by atoms with Crippen molar-refractivity contribution < 1.29 is 4.39 Å². The molecule has 0 radical (unpaired) electrons. The van der Waals surface area contributed by atoms with Gasteiger partial charge in [-0.15, -0.1) is 0 Å². The molecule has 0 amide bonds. The molecule has 0 saturated heterocycles. The van der Waals surface area contributed by atoms with Crippen molar-refractivity contribution in [3.63, 3.8) is 0 Å². The van der Waals surface area contributed by atoms with Crippen molar-refractivity contribution in [3.05, 3.63) is 35.6 Å². The van der Waals surface area contributed by atoms with Crippen LogP contribution < -0.4 is 5.32 Å². The Balaban J connectivity index is 1.91. The molecule has 1 N–H and O–H groups in total. The third-order valence-corrected chi connectivity index (χ3v) is 4.12. The van der Waals surface area contributed by atoms with Gasteiger partial charge in [-0.05, 0) is 49.8 Å². The fourth-order valence-electron chi connectivity index (χ4n) is 3.14. The molecular weight excluding hydrogens is 225 g/mol. The zero-order valence-electron chi connectivity index (χ0n) is 11.3. The van der Waals surface area contributed by atoms with Gasteiger partial charge in [-0.2, -0.15) is 0 Å².